The first-order valence-corrected chi connectivity index (χ1v) is 6.46. The molecule has 0 fully saturated rings. The highest BCUT2D eigenvalue weighted by atomic mass is 35.5. The fraction of sp³-hybridized carbons (Fsp3) is 0.143. The average molecular weight is 292 g/mol. The first-order valence-electron chi connectivity index (χ1n) is 6.08. The number of halogens is 1. The molecule has 0 amide bonds. The number of nitrogen functional groups attached to an aromatic ring is 1. The van der Waals surface area contributed by atoms with Crippen molar-refractivity contribution in [2.75, 3.05) is 17.6 Å². The maximum atomic E-state index is 10.9. The number of benzene rings is 2. The Bertz CT molecular complexity index is 614. The molecule has 0 heterocycles. The van der Waals surface area contributed by atoms with E-state index in [1.165, 1.54) is 6.07 Å². The molecular weight excluding hydrogens is 278 g/mol. The quantitative estimate of drug-likeness (QED) is 0.502. The van der Waals surface area contributed by atoms with Crippen molar-refractivity contribution in [1.82, 2.24) is 0 Å². The van der Waals surface area contributed by atoms with Gasteiger partial charge in [0.25, 0.3) is 5.69 Å². The number of nitrogens with two attached hydrogens (primary N) is 1. The minimum Gasteiger partial charge on any atom is -0.399 e. The molecule has 0 atom stereocenters. The molecule has 3 N–H and O–H groups in total. The molecule has 0 saturated carbocycles. The summed E-state index contributed by atoms with van der Waals surface area (Å²) >= 11 is 5.76. The van der Waals surface area contributed by atoms with E-state index in [9.17, 15) is 10.1 Å². The second-order valence-corrected chi connectivity index (χ2v) is 4.77. The Morgan fingerprint density at radius 2 is 1.90 bits per heavy atom. The Balaban J connectivity index is 2.00. The summed E-state index contributed by atoms with van der Waals surface area (Å²) in [6, 6.07) is 12.1. The van der Waals surface area contributed by atoms with Crippen LogP contribution in [-0.2, 0) is 6.42 Å². The summed E-state index contributed by atoms with van der Waals surface area (Å²) in [6.45, 7) is 0.590. The molecule has 20 heavy (non-hydrogen) atoms. The highest BCUT2D eigenvalue weighted by molar-refractivity contribution is 6.30. The number of rotatable bonds is 5. The standard InChI is InChI=1S/C14H14ClN3O2/c15-11-3-6-13(14(9-11)18(19)20)17-8-7-10-1-4-12(16)5-2-10/h1-6,9,17H,7-8,16H2. The molecule has 2 aromatic rings. The largest absolute Gasteiger partial charge is 0.399 e. The summed E-state index contributed by atoms with van der Waals surface area (Å²) in [5, 5.41) is 14.3. The van der Waals surface area contributed by atoms with Crippen LogP contribution in [0.4, 0.5) is 17.1 Å². The molecule has 0 aromatic heterocycles. The van der Waals surface area contributed by atoms with Crippen molar-refractivity contribution in [3.8, 4) is 0 Å². The van der Waals surface area contributed by atoms with Gasteiger partial charge in [0.2, 0.25) is 0 Å². The van der Waals surface area contributed by atoms with Gasteiger partial charge in [0.05, 0.1) is 4.92 Å². The first-order chi connectivity index (χ1) is 9.56. The molecule has 0 aliphatic carbocycles. The Morgan fingerprint density at radius 1 is 1.20 bits per heavy atom. The zero-order valence-electron chi connectivity index (χ0n) is 10.7. The zero-order valence-corrected chi connectivity index (χ0v) is 11.4. The predicted octanol–water partition coefficient (Wildman–Crippen LogP) is 3.49. The van der Waals surface area contributed by atoms with Gasteiger partial charge in [-0.3, -0.25) is 10.1 Å². The van der Waals surface area contributed by atoms with Gasteiger partial charge in [-0.25, -0.2) is 0 Å². The maximum absolute atomic E-state index is 10.9. The van der Waals surface area contributed by atoms with Gasteiger partial charge in [-0.15, -0.1) is 0 Å². The molecular formula is C14H14ClN3O2. The Morgan fingerprint density at radius 3 is 2.55 bits per heavy atom. The molecule has 104 valence electrons. The lowest BCUT2D eigenvalue weighted by Gasteiger charge is -2.07. The van der Waals surface area contributed by atoms with Crippen LogP contribution in [-0.4, -0.2) is 11.5 Å². The molecule has 0 saturated heterocycles. The minimum absolute atomic E-state index is 0.0187. The van der Waals surface area contributed by atoms with Crippen molar-refractivity contribution in [3.63, 3.8) is 0 Å². The van der Waals surface area contributed by atoms with Crippen LogP contribution in [0.2, 0.25) is 5.02 Å². The van der Waals surface area contributed by atoms with E-state index in [4.69, 9.17) is 17.3 Å². The van der Waals surface area contributed by atoms with Crippen LogP contribution in [0.5, 0.6) is 0 Å². The number of nitrogens with one attached hydrogen (secondary N) is 1. The van der Waals surface area contributed by atoms with Crippen molar-refractivity contribution >= 4 is 28.7 Å². The second kappa shape index (κ2) is 6.25. The van der Waals surface area contributed by atoms with Gasteiger partial charge >= 0.3 is 0 Å². The molecule has 0 aliphatic rings. The number of anilines is 2. The lowest BCUT2D eigenvalue weighted by molar-refractivity contribution is -0.383. The van der Waals surface area contributed by atoms with Crippen molar-refractivity contribution in [2.24, 2.45) is 0 Å². The van der Waals surface area contributed by atoms with Crippen LogP contribution >= 0.6 is 11.6 Å². The van der Waals surface area contributed by atoms with Crippen LogP contribution in [0.1, 0.15) is 5.56 Å². The summed E-state index contributed by atoms with van der Waals surface area (Å²) in [7, 11) is 0. The normalized spacial score (nSPS) is 10.2. The van der Waals surface area contributed by atoms with Crippen molar-refractivity contribution in [1.29, 1.82) is 0 Å². The smallest absolute Gasteiger partial charge is 0.293 e. The van der Waals surface area contributed by atoms with E-state index in [2.05, 4.69) is 5.32 Å². The minimum atomic E-state index is -0.447. The maximum Gasteiger partial charge on any atom is 0.293 e. The fourth-order valence-electron chi connectivity index (χ4n) is 1.83. The topological polar surface area (TPSA) is 81.2 Å². The lowest BCUT2D eigenvalue weighted by Crippen LogP contribution is -2.07. The third-order valence-corrected chi connectivity index (χ3v) is 3.10. The number of nitrogens with zero attached hydrogens (tertiary/aromatic N) is 1. The van der Waals surface area contributed by atoms with Gasteiger partial charge < -0.3 is 11.1 Å². The SMILES string of the molecule is Nc1ccc(CCNc2ccc(Cl)cc2[N+](=O)[O-])cc1. The van der Waals surface area contributed by atoms with Crippen LogP contribution in [0, 0.1) is 10.1 Å². The summed E-state index contributed by atoms with van der Waals surface area (Å²) in [5.41, 5.74) is 7.89. The van der Waals surface area contributed by atoms with Crippen LogP contribution in [0.3, 0.4) is 0 Å². The van der Waals surface area contributed by atoms with Gasteiger partial charge in [0.1, 0.15) is 5.69 Å². The number of hydrogen-bond donors (Lipinski definition) is 2. The van der Waals surface area contributed by atoms with Gasteiger partial charge in [-0.2, -0.15) is 0 Å². The van der Waals surface area contributed by atoms with Gasteiger partial charge in [-0.1, -0.05) is 23.7 Å². The van der Waals surface area contributed by atoms with E-state index in [0.717, 1.165) is 17.7 Å². The van der Waals surface area contributed by atoms with E-state index in [-0.39, 0.29) is 5.69 Å². The Kier molecular flexibility index (Phi) is 4.42. The van der Waals surface area contributed by atoms with E-state index < -0.39 is 4.92 Å². The third-order valence-electron chi connectivity index (χ3n) is 2.87. The van der Waals surface area contributed by atoms with Crippen molar-refractivity contribution < 1.29 is 4.92 Å². The highest BCUT2D eigenvalue weighted by Crippen LogP contribution is 2.27. The van der Waals surface area contributed by atoms with Crippen LogP contribution in [0.15, 0.2) is 42.5 Å². The molecule has 0 aliphatic heterocycles. The molecule has 0 unspecified atom stereocenters. The van der Waals surface area contributed by atoms with Crippen molar-refractivity contribution in [2.45, 2.75) is 6.42 Å². The molecule has 0 bridgehead atoms. The van der Waals surface area contributed by atoms with E-state index in [0.29, 0.717) is 17.3 Å². The van der Waals surface area contributed by atoms with Gasteiger partial charge in [-0.05, 0) is 36.2 Å². The highest BCUT2D eigenvalue weighted by Gasteiger charge is 2.13. The number of hydrogen-bond acceptors (Lipinski definition) is 4. The fourth-order valence-corrected chi connectivity index (χ4v) is 2.00. The lowest BCUT2D eigenvalue weighted by atomic mass is 10.1. The number of nitro groups is 1. The van der Waals surface area contributed by atoms with Gasteiger partial charge in [0, 0.05) is 23.3 Å². The first kappa shape index (κ1) is 14.1. The Hall–Kier alpha value is -2.27. The molecule has 0 radical (unpaired) electrons. The molecule has 5 nitrogen and oxygen atoms in total. The summed E-state index contributed by atoms with van der Waals surface area (Å²) in [4.78, 5) is 10.5. The summed E-state index contributed by atoms with van der Waals surface area (Å²) < 4.78 is 0. The van der Waals surface area contributed by atoms with Crippen LogP contribution < -0.4 is 11.1 Å². The van der Waals surface area contributed by atoms with E-state index >= 15 is 0 Å². The zero-order chi connectivity index (χ0) is 14.5. The van der Waals surface area contributed by atoms with Crippen molar-refractivity contribution in [3.05, 3.63) is 63.2 Å². The van der Waals surface area contributed by atoms with Gasteiger partial charge in [0.15, 0.2) is 0 Å². The van der Waals surface area contributed by atoms with Crippen LogP contribution in [0.25, 0.3) is 0 Å². The number of nitro benzene ring substituents is 1. The molecule has 2 aromatic carbocycles. The molecule has 0 spiro atoms. The Labute approximate surface area is 121 Å². The average Bonchev–Trinajstić information content (AvgIpc) is 2.42. The third kappa shape index (κ3) is 3.61. The monoisotopic (exact) mass is 291 g/mol. The molecule has 2 rings (SSSR count). The summed E-state index contributed by atoms with van der Waals surface area (Å²) in [5.74, 6) is 0. The van der Waals surface area contributed by atoms with E-state index in [1.807, 2.05) is 24.3 Å². The predicted molar refractivity (Wildman–Crippen MR) is 81.2 cm³/mol. The van der Waals surface area contributed by atoms with E-state index in [1.54, 1.807) is 12.1 Å². The second-order valence-electron chi connectivity index (χ2n) is 4.34. The summed E-state index contributed by atoms with van der Waals surface area (Å²) in [6.07, 6.45) is 0.750. The molecule has 6 heteroatoms.